The van der Waals surface area contributed by atoms with Crippen LogP contribution >= 0.6 is 0 Å². The summed E-state index contributed by atoms with van der Waals surface area (Å²) in [6.45, 7) is -0.501. The number of ether oxygens (including phenoxy) is 1. The van der Waals surface area contributed by atoms with Gasteiger partial charge in [-0.05, 0) is 43.5 Å². The minimum absolute atomic E-state index is 0.0457. The standard InChI is InChI=1S/C23H26N2O8S/c26-22(24(17-4-2-1-3-5-17)19-12-13-34(30,31)15-19)14-32-23(27)21-11-10-20(33-21)16-6-8-18(9-7-16)25(28)29/h6-11,17,19H,1-5,12-15H2. The summed E-state index contributed by atoms with van der Waals surface area (Å²) in [6, 6.07) is 8.19. The van der Waals surface area contributed by atoms with Crippen LogP contribution in [-0.2, 0) is 19.4 Å². The molecule has 0 N–H and O–H groups in total. The highest BCUT2D eigenvalue weighted by molar-refractivity contribution is 7.91. The van der Waals surface area contributed by atoms with Gasteiger partial charge in [0.15, 0.2) is 16.4 Å². The number of esters is 1. The lowest BCUT2D eigenvalue weighted by molar-refractivity contribution is -0.384. The van der Waals surface area contributed by atoms with Gasteiger partial charge in [-0.1, -0.05) is 19.3 Å². The molecule has 1 aliphatic heterocycles. The zero-order valence-electron chi connectivity index (χ0n) is 18.6. The zero-order valence-corrected chi connectivity index (χ0v) is 19.4. The van der Waals surface area contributed by atoms with Crippen LogP contribution < -0.4 is 0 Å². The maximum absolute atomic E-state index is 13.1. The zero-order chi connectivity index (χ0) is 24.3. The van der Waals surface area contributed by atoms with Gasteiger partial charge in [0.2, 0.25) is 5.76 Å². The molecule has 0 radical (unpaired) electrons. The molecule has 1 saturated carbocycles. The first-order valence-corrected chi connectivity index (χ1v) is 13.1. The lowest BCUT2D eigenvalue weighted by Gasteiger charge is -2.38. The maximum atomic E-state index is 13.1. The summed E-state index contributed by atoms with van der Waals surface area (Å²) in [7, 11) is -3.17. The molecule has 2 aliphatic rings. The molecule has 2 fully saturated rings. The first-order chi connectivity index (χ1) is 16.2. The highest BCUT2D eigenvalue weighted by Crippen LogP contribution is 2.29. The van der Waals surface area contributed by atoms with E-state index in [-0.39, 0.29) is 29.0 Å². The number of nitro groups is 1. The van der Waals surface area contributed by atoms with E-state index in [0.29, 0.717) is 17.7 Å². The van der Waals surface area contributed by atoms with Crippen LogP contribution in [0.2, 0.25) is 0 Å². The molecule has 34 heavy (non-hydrogen) atoms. The van der Waals surface area contributed by atoms with E-state index < -0.39 is 39.3 Å². The van der Waals surface area contributed by atoms with Crippen LogP contribution in [0.3, 0.4) is 0 Å². The lowest BCUT2D eigenvalue weighted by atomic mass is 9.93. The monoisotopic (exact) mass is 490 g/mol. The summed E-state index contributed by atoms with van der Waals surface area (Å²) in [4.78, 5) is 37.5. The van der Waals surface area contributed by atoms with Crippen molar-refractivity contribution >= 4 is 27.4 Å². The van der Waals surface area contributed by atoms with Gasteiger partial charge in [0.05, 0.1) is 16.4 Å². The topological polar surface area (TPSA) is 137 Å². The SMILES string of the molecule is O=C(OCC(=O)N(C1CCCCC1)C1CCS(=O)(=O)C1)c1ccc(-c2ccc([N+](=O)[O-])cc2)o1. The number of rotatable bonds is 7. The van der Waals surface area contributed by atoms with E-state index in [2.05, 4.69) is 0 Å². The van der Waals surface area contributed by atoms with E-state index in [0.717, 1.165) is 32.1 Å². The van der Waals surface area contributed by atoms with Crippen molar-refractivity contribution < 1.29 is 32.1 Å². The number of hydrogen-bond donors (Lipinski definition) is 0. The van der Waals surface area contributed by atoms with E-state index in [1.165, 1.54) is 36.4 Å². The second-order valence-electron chi connectivity index (χ2n) is 8.69. The van der Waals surface area contributed by atoms with Gasteiger partial charge in [-0.2, -0.15) is 0 Å². The molecule has 1 aromatic heterocycles. The van der Waals surface area contributed by atoms with E-state index in [4.69, 9.17) is 9.15 Å². The molecule has 11 heteroatoms. The highest BCUT2D eigenvalue weighted by atomic mass is 32.2. The van der Waals surface area contributed by atoms with Gasteiger partial charge in [-0.3, -0.25) is 14.9 Å². The van der Waals surface area contributed by atoms with Crippen molar-refractivity contribution in [3.05, 3.63) is 52.3 Å². The van der Waals surface area contributed by atoms with Crippen LogP contribution in [0.25, 0.3) is 11.3 Å². The predicted molar refractivity (Wildman–Crippen MR) is 122 cm³/mol. The van der Waals surface area contributed by atoms with Gasteiger partial charge in [-0.15, -0.1) is 0 Å². The number of benzene rings is 1. The largest absolute Gasteiger partial charge is 0.450 e. The van der Waals surface area contributed by atoms with E-state index in [1.54, 1.807) is 4.90 Å². The fourth-order valence-electron chi connectivity index (χ4n) is 4.68. The Bertz CT molecular complexity index is 1170. The normalized spacial score (nSPS) is 20.1. The molecule has 182 valence electrons. The molecule has 0 spiro atoms. The third kappa shape index (κ3) is 5.46. The van der Waals surface area contributed by atoms with Crippen LogP contribution in [0.5, 0.6) is 0 Å². The van der Waals surface area contributed by atoms with Crippen LogP contribution in [0.4, 0.5) is 5.69 Å². The number of carbonyl (C=O) groups is 2. The Morgan fingerprint density at radius 3 is 2.35 bits per heavy atom. The number of carbonyl (C=O) groups excluding carboxylic acids is 2. The number of non-ortho nitro benzene ring substituents is 1. The van der Waals surface area contributed by atoms with Crippen molar-refractivity contribution in [3.63, 3.8) is 0 Å². The first-order valence-electron chi connectivity index (χ1n) is 11.3. The Morgan fingerprint density at radius 1 is 1.03 bits per heavy atom. The molecule has 1 aliphatic carbocycles. The van der Waals surface area contributed by atoms with Crippen molar-refractivity contribution in [1.82, 2.24) is 4.90 Å². The Morgan fingerprint density at radius 2 is 1.74 bits per heavy atom. The molecule has 1 aromatic carbocycles. The summed E-state index contributed by atoms with van der Waals surface area (Å²) in [5, 5.41) is 10.8. The maximum Gasteiger partial charge on any atom is 0.374 e. The van der Waals surface area contributed by atoms with Crippen molar-refractivity contribution in [2.75, 3.05) is 18.1 Å². The fourth-order valence-corrected chi connectivity index (χ4v) is 6.39. The average Bonchev–Trinajstić information content (AvgIpc) is 3.45. The highest BCUT2D eigenvalue weighted by Gasteiger charge is 2.38. The second-order valence-corrected chi connectivity index (χ2v) is 10.9. The van der Waals surface area contributed by atoms with Crippen molar-refractivity contribution in [3.8, 4) is 11.3 Å². The molecule has 1 atom stereocenters. The van der Waals surface area contributed by atoms with E-state index in [9.17, 15) is 28.1 Å². The Labute approximate surface area is 196 Å². The number of hydrogen-bond acceptors (Lipinski definition) is 8. The van der Waals surface area contributed by atoms with Gasteiger partial charge in [0.1, 0.15) is 5.76 Å². The first kappa shape index (κ1) is 23.9. The average molecular weight is 491 g/mol. The molecule has 1 saturated heterocycles. The molecule has 1 amide bonds. The Balaban J connectivity index is 1.40. The van der Waals surface area contributed by atoms with Gasteiger partial charge in [0, 0.05) is 29.8 Å². The van der Waals surface area contributed by atoms with Crippen LogP contribution in [-0.4, -0.2) is 60.3 Å². The molecular weight excluding hydrogens is 464 g/mol. The van der Waals surface area contributed by atoms with E-state index >= 15 is 0 Å². The Kier molecular flexibility index (Phi) is 7.01. The lowest BCUT2D eigenvalue weighted by Crippen LogP contribution is -2.50. The third-order valence-corrected chi connectivity index (χ3v) is 8.10. The minimum atomic E-state index is -3.17. The van der Waals surface area contributed by atoms with Crippen molar-refractivity contribution in [2.24, 2.45) is 0 Å². The smallest absolute Gasteiger partial charge is 0.374 e. The summed E-state index contributed by atoms with van der Waals surface area (Å²) < 4.78 is 34.7. The molecule has 1 unspecified atom stereocenters. The summed E-state index contributed by atoms with van der Waals surface area (Å²) >= 11 is 0. The molecule has 0 bridgehead atoms. The minimum Gasteiger partial charge on any atom is -0.450 e. The van der Waals surface area contributed by atoms with Crippen LogP contribution in [0.15, 0.2) is 40.8 Å². The molecule has 10 nitrogen and oxygen atoms in total. The number of sulfone groups is 1. The van der Waals surface area contributed by atoms with Gasteiger partial charge >= 0.3 is 5.97 Å². The summed E-state index contributed by atoms with van der Waals surface area (Å²) in [6.07, 6.45) is 5.07. The number of nitro benzene ring substituents is 1. The third-order valence-electron chi connectivity index (χ3n) is 6.35. The van der Waals surface area contributed by atoms with E-state index in [1.807, 2.05) is 0 Å². The molecule has 4 rings (SSSR count). The summed E-state index contributed by atoms with van der Waals surface area (Å²) in [5.41, 5.74) is 0.484. The number of amides is 1. The van der Waals surface area contributed by atoms with Gasteiger partial charge < -0.3 is 14.1 Å². The molecule has 2 aromatic rings. The fraction of sp³-hybridized carbons (Fsp3) is 0.478. The Hall–Kier alpha value is -3.21. The molecule has 2 heterocycles. The predicted octanol–water partition coefficient (Wildman–Crippen LogP) is 3.36. The number of furan rings is 1. The van der Waals surface area contributed by atoms with Crippen molar-refractivity contribution in [1.29, 1.82) is 0 Å². The summed E-state index contributed by atoms with van der Waals surface area (Å²) in [5.74, 6) is -0.984. The second kappa shape index (κ2) is 9.96. The van der Waals surface area contributed by atoms with Gasteiger partial charge in [-0.25, -0.2) is 13.2 Å². The van der Waals surface area contributed by atoms with Crippen molar-refractivity contribution in [2.45, 2.75) is 50.6 Å². The molecular formula is C23H26N2O8S. The number of nitrogens with zero attached hydrogens (tertiary/aromatic N) is 2. The quantitative estimate of drug-likeness (QED) is 0.327. The van der Waals surface area contributed by atoms with Crippen LogP contribution in [0.1, 0.15) is 49.1 Å². The van der Waals surface area contributed by atoms with Crippen LogP contribution in [0, 0.1) is 10.1 Å². The van der Waals surface area contributed by atoms with Gasteiger partial charge in [0.25, 0.3) is 11.6 Å².